The van der Waals surface area contributed by atoms with Gasteiger partial charge < -0.3 is 19.5 Å². The monoisotopic (exact) mass is 248 g/mol. The molecule has 1 unspecified atom stereocenters. The van der Waals surface area contributed by atoms with Crippen LogP contribution in [0.1, 0.15) is 20.8 Å². The van der Waals surface area contributed by atoms with E-state index in [-0.39, 0.29) is 12.1 Å². The molecule has 1 saturated heterocycles. The number of likely N-dealkylation sites (tertiary alicyclic amines) is 1. The predicted octanol–water partition coefficient (Wildman–Crippen LogP) is 1.12. The zero-order valence-corrected chi connectivity index (χ0v) is 10.8. The molecule has 1 atom stereocenters. The van der Waals surface area contributed by atoms with Crippen LogP contribution in [0.2, 0.25) is 0 Å². The summed E-state index contributed by atoms with van der Waals surface area (Å²) in [6.45, 7) is 6.34. The van der Waals surface area contributed by atoms with Crippen molar-refractivity contribution >= 4 is 21.7 Å². The summed E-state index contributed by atoms with van der Waals surface area (Å²) in [5, 5.41) is 2.58. The third-order valence-corrected chi connectivity index (χ3v) is 2.18. The normalized spacial score (nSPS) is 16.4. The molecule has 1 rings (SSSR count). The molecule has 1 heterocycles. The summed E-state index contributed by atoms with van der Waals surface area (Å²) in [5.41, 5.74) is -0.491. The van der Waals surface area contributed by atoms with Gasteiger partial charge in [-0.15, -0.1) is 0 Å². The van der Waals surface area contributed by atoms with Gasteiger partial charge in [0.05, 0.1) is 15.5 Å². The van der Waals surface area contributed by atoms with E-state index in [1.807, 2.05) is 30.2 Å². The second-order valence-corrected chi connectivity index (χ2v) is 4.87. The van der Waals surface area contributed by atoms with Crippen LogP contribution in [0, 0.1) is 0 Å². The molecule has 16 heavy (non-hydrogen) atoms. The van der Waals surface area contributed by atoms with Crippen LogP contribution in [0.25, 0.3) is 0 Å². The van der Waals surface area contributed by atoms with E-state index in [0.717, 1.165) is 0 Å². The van der Waals surface area contributed by atoms with Gasteiger partial charge in [0, 0.05) is 13.1 Å². The van der Waals surface area contributed by atoms with Crippen LogP contribution in [0.4, 0.5) is 9.59 Å². The van der Waals surface area contributed by atoms with Gasteiger partial charge in [-0.3, -0.25) is 0 Å². The van der Waals surface area contributed by atoms with Crippen molar-refractivity contribution in [3.05, 3.63) is 0 Å². The van der Waals surface area contributed by atoms with Crippen LogP contribution >= 0.6 is 9.47 Å². The quantitative estimate of drug-likeness (QED) is 0.706. The Balaban J connectivity index is 2.25. The average molecular weight is 248 g/mol. The first-order valence-corrected chi connectivity index (χ1v) is 5.44. The number of carbonyl (C=O) groups excluding carboxylic acids is 2. The molecular formula is C9H17N2O4P. The van der Waals surface area contributed by atoms with Crippen molar-refractivity contribution in [2.75, 3.05) is 13.1 Å². The molecule has 6 nitrogen and oxygen atoms in total. The van der Waals surface area contributed by atoms with Crippen LogP contribution in [-0.2, 0) is 9.26 Å². The van der Waals surface area contributed by atoms with Gasteiger partial charge in [-0.2, -0.15) is 0 Å². The van der Waals surface area contributed by atoms with Gasteiger partial charge >= 0.3 is 12.2 Å². The zero-order valence-electron chi connectivity index (χ0n) is 9.65. The van der Waals surface area contributed by atoms with E-state index in [0.29, 0.717) is 13.1 Å². The first-order chi connectivity index (χ1) is 7.31. The number of nitrogens with zero attached hydrogens (tertiary/aromatic N) is 1. The maximum Gasteiger partial charge on any atom is 0.410 e. The average Bonchev–Trinajstić information content (AvgIpc) is 2.06. The lowest BCUT2D eigenvalue weighted by atomic mass is 10.1. The molecule has 0 bridgehead atoms. The largest absolute Gasteiger partial charge is 0.444 e. The highest BCUT2D eigenvalue weighted by atomic mass is 31.0. The Bertz CT molecular complexity index is 284. The number of nitrogens with one attached hydrogen (secondary N) is 1. The third-order valence-electron chi connectivity index (χ3n) is 1.96. The summed E-state index contributed by atoms with van der Waals surface area (Å²) < 4.78 is 9.52. The lowest BCUT2D eigenvalue weighted by Crippen LogP contribution is -2.61. The highest BCUT2D eigenvalue weighted by molar-refractivity contribution is 7.10. The van der Waals surface area contributed by atoms with Gasteiger partial charge in [0.15, 0.2) is 0 Å². The Labute approximate surface area is 96.9 Å². The number of rotatable bonds is 1. The van der Waals surface area contributed by atoms with Gasteiger partial charge in [-0.1, -0.05) is 0 Å². The van der Waals surface area contributed by atoms with Crippen molar-refractivity contribution in [1.82, 2.24) is 10.2 Å². The lowest BCUT2D eigenvalue weighted by molar-refractivity contribution is 0.00579. The maximum absolute atomic E-state index is 11.5. The number of ether oxygens (including phenoxy) is 1. The molecule has 2 amide bonds. The van der Waals surface area contributed by atoms with Crippen LogP contribution in [-0.4, -0.2) is 41.8 Å². The SMILES string of the molecule is CC(C)(C)OC(=O)N1CC(NC(=O)OP)C1. The predicted molar refractivity (Wildman–Crippen MR) is 60.9 cm³/mol. The summed E-state index contributed by atoms with van der Waals surface area (Å²) in [4.78, 5) is 23.9. The fraction of sp³-hybridized carbons (Fsp3) is 0.778. The van der Waals surface area contributed by atoms with Crippen molar-refractivity contribution in [1.29, 1.82) is 0 Å². The summed E-state index contributed by atoms with van der Waals surface area (Å²) in [6.07, 6.45) is -0.872. The van der Waals surface area contributed by atoms with E-state index in [2.05, 4.69) is 9.84 Å². The topological polar surface area (TPSA) is 67.9 Å². The minimum atomic E-state index is -0.515. The van der Waals surface area contributed by atoms with E-state index in [9.17, 15) is 9.59 Å². The summed E-state index contributed by atoms with van der Waals surface area (Å²) >= 11 is 0. The van der Waals surface area contributed by atoms with Crippen molar-refractivity contribution in [2.45, 2.75) is 32.4 Å². The second-order valence-electron chi connectivity index (χ2n) is 4.63. The van der Waals surface area contributed by atoms with E-state index < -0.39 is 11.7 Å². The molecular weight excluding hydrogens is 231 g/mol. The van der Waals surface area contributed by atoms with Crippen LogP contribution < -0.4 is 5.32 Å². The molecule has 92 valence electrons. The van der Waals surface area contributed by atoms with Crippen LogP contribution in [0.5, 0.6) is 0 Å². The Morgan fingerprint density at radius 2 is 1.94 bits per heavy atom. The highest BCUT2D eigenvalue weighted by Crippen LogP contribution is 2.15. The second kappa shape index (κ2) is 4.87. The Kier molecular flexibility index (Phi) is 3.97. The molecule has 1 aliphatic heterocycles. The summed E-state index contributed by atoms with van der Waals surface area (Å²) in [5.74, 6) is 0. The molecule has 1 aliphatic rings. The minimum Gasteiger partial charge on any atom is -0.444 e. The molecule has 1 fully saturated rings. The number of carbonyl (C=O) groups is 2. The lowest BCUT2D eigenvalue weighted by Gasteiger charge is -2.39. The molecule has 0 aliphatic carbocycles. The zero-order chi connectivity index (χ0) is 12.3. The molecule has 0 aromatic rings. The first kappa shape index (κ1) is 13.0. The van der Waals surface area contributed by atoms with E-state index in [1.54, 1.807) is 0 Å². The van der Waals surface area contributed by atoms with Crippen LogP contribution in [0.3, 0.4) is 0 Å². The van der Waals surface area contributed by atoms with Gasteiger partial charge in [0.2, 0.25) is 0 Å². The van der Waals surface area contributed by atoms with Gasteiger partial charge in [-0.05, 0) is 20.8 Å². The number of hydrogen-bond acceptors (Lipinski definition) is 4. The molecule has 0 radical (unpaired) electrons. The van der Waals surface area contributed by atoms with Crippen molar-refractivity contribution < 1.29 is 18.8 Å². The smallest absolute Gasteiger partial charge is 0.410 e. The molecule has 0 spiro atoms. The van der Waals surface area contributed by atoms with Gasteiger partial charge in [0.25, 0.3) is 0 Å². The van der Waals surface area contributed by atoms with E-state index >= 15 is 0 Å². The Morgan fingerprint density at radius 3 is 2.38 bits per heavy atom. The third kappa shape index (κ3) is 3.85. The van der Waals surface area contributed by atoms with Crippen molar-refractivity contribution in [3.8, 4) is 0 Å². The Morgan fingerprint density at radius 1 is 1.38 bits per heavy atom. The number of amides is 2. The summed E-state index contributed by atoms with van der Waals surface area (Å²) in [7, 11) is 1.86. The fourth-order valence-electron chi connectivity index (χ4n) is 1.25. The molecule has 0 aromatic heterocycles. The van der Waals surface area contributed by atoms with Gasteiger partial charge in [-0.25, -0.2) is 9.59 Å². The van der Waals surface area contributed by atoms with E-state index in [1.165, 1.54) is 4.90 Å². The van der Waals surface area contributed by atoms with Crippen molar-refractivity contribution in [3.63, 3.8) is 0 Å². The molecule has 0 saturated carbocycles. The molecule has 7 heteroatoms. The van der Waals surface area contributed by atoms with Crippen LogP contribution in [0.15, 0.2) is 0 Å². The van der Waals surface area contributed by atoms with E-state index in [4.69, 9.17) is 4.74 Å². The summed E-state index contributed by atoms with van der Waals surface area (Å²) in [6, 6.07) is -0.0550. The number of hydrogen-bond donors (Lipinski definition) is 1. The standard InChI is InChI=1S/C9H17N2O4P/c1-9(2,3)14-8(13)11-4-6(5-11)10-7(12)15-16/h6H,4-5,16H2,1-3H3,(H,10,12). The Hall–Kier alpha value is -1.03. The highest BCUT2D eigenvalue weighted by Gasteiger charge is 2.34. The molecule has 0 aromatic carbocycles. The fourth-order valence-corrected chi connectivity index (χ4v) is 1.31. The van der Waals surface area contributed by atoms with Crippen molar-refractivity contribution in [2.24, 2.45) is 0 Å². The van der Waals surface area contributed by atoms with Gasteiger partial charge in [0.1, 0.15) is 5.60 Å². The molecule has 1 N–H and O–H groups in total. The minimum absolute atomic E-state index is 0.0550. The maximum atomic E-state index is 11.5. The first-order valence-electron chi connectivity index (χ1n) is 4.97.